The van der Waals surface area contributed by atoms with Gasteiger partial charge in [0.05, 0.1) is 42.8 Å². The Bertz CT molecular complexity index is 1650. The van der Waals surface area contributed by atoms with Gasteiger partial charge in [-0.1, -0.05) is 18.2 Å². The van der Waals surface area contributed by atoms with Crippen molar-refractivity contribution in [2.75, 3.05) is 25.2 Å². The number of nitriles is 1. The van der Waals surface area contributed by atoms with E-state index in [2.05, 4.69) is 21.1 Å². The van der Waals surface area contributed by atoms with Gasteiger partial charge >= 0.3 is 0 Å². The van der Waals surface area contributed by atoms with E-state index < -0.39 is 11.7 Å². The molecule has 204 valence electrons. The largest absolute Gasteiger partial charge is 0.496 e. The van der Waals surface area contributed by atoms with Crippen LogP contribution in [0.4, 0.5) is 10.1 Å². The van der Waals surface area contributed by atoms with E-state index in [0.717, 1.165) is 0 Å². The topological polar surface area (TPSA) is 169 Å². The molecular formula is C28H27FN8O3. The Morgan fingerprint density at radius 2 is 2.08 bits per heavy atom. The molecule has 0 bridgehead atoms. The average molecular weight is 543 g/mol. The lowest BCUT2D eigenvalue weighted by Gasteiger charge is -2.28. The zero-order valence-corrected chi connectivity index (χ0v) is 21.9. The van der Waals surface area contributed by atoms with Gasteiger partial charge in [-0.3, -0.25) is 9.48 Å². The number of amides is 1. The highest BCUT2D eigenvalue weighted by molar-refractivity contribution is 6.00. The maximum Gasteiger partial charge on any atom is 0.268 e. The van der Waals surface area contributed by atoms with Crippen molar-refractivity contribution in [2.24, 2.45) is 18.5 Å². The predicted octanol–water partition coefficient (Wildman–Crippen LogP) is 2.23. The van der Waals surface area contributed by atoms with Crippen LogP contribution in [0.2, 0.25) is 0 Å². The van der Waals surface area contributed by atoms with Gasteiger partial charge in [-0.15, -0.1) is 0 Å². The second kappa shape index (κ2) is 10.7. The third kappa shape index (κ3) is 4.61. The van der Waals surface area contributed by atoms with Gasteiger partial charge in [0.25, 0.3) is 5.91 Å². The molecule has 0 unspecified atom stereocenters. The minimum absolute atomic E-state index is 0.000670. The van der Waals surface area contributed by atoms with Crippen LogP contribution >= 0.6 is 0 Å². The number of aryl methyl sites for hydroxylation is 1. The van der Waals surface area contributed by atoms with E-state index in [1.54, 1.807) is 29.9 Å². The fraction of sp³-hybridized carbons (Fsp3) is 0.250. The molecule has 12 heteroatoms. The summed E-state index contributed by atoms with van der Waals surface area (Å²) in [6.45, 7) is 0.299. The summed E-state index contributed by atoms with van der Waals surface area (Å²) in [5.41, 5.74) is 15.1. The van der Waals surface area contributed by atoms with Crippen molar-refractivity contribution in [1.29, 1.82) is 5.26 Å². The number of nitrogens with zero attached hydrogens (tertiary/aromatic N) is 6. The van der Waals surface area contributed by atoms with Crippen molar-refractivity contribution >= 4 is 11.6 Å². The maximum atomic E-state index is 14.8. The summed E-state index contributed by atoms with van der Waals surface area (Å²) in [7, 11) is 3.13. The van der Waals surface area contributed by atoms with Crippen LogP contribution in [-0.4, -0.2) is 63.1 Å². The molecule has 40 heavy (non-hydrogen) atoms. The van der Waals surface area contributed by atoms with E-state index in [1.165, 1.54) is 31.6 Å². The molecule has 4 aromatic rings. The van der Waals surface area contributed by atoms with Gasteiger partial charge in [-0.25, -0.2) is 14.4 Å². The number of rotatable bonds is 7. The molecule has 3 heterocycles. The molecule has 1 aliphatic rings. The Morgan fingerprint density at radius 3 is 2.77 bits per heavy atom. The number of carbonyl (C=O) groups is 1. The third-order valence-electron chi connectivity index (χ3n) is 7.03. The van der Waals surface area contributed by atoms with Gasteiger partial charge in [-0.05, 0) is 24.6 Å². The fourth-order valence-corrected chi connectivity index (χ4v) is 5.21. The number of hydrogen-bond acceptors (Lipinski definition) is 9. The standard InChI is InChI=1S/C28H27FN8O3/c1-36-26(16(10-30)11-34-36)15-6-7-19(22(8-15)37-13-17(31)9-18(37)14-38)20-12-33-28(35-25(20)27(32)39)24-21(29)4-3-5-23(24)40-2/h3-8,11-12,17-18,38H,9,13-14,31H2,1-2H3,(H2,32,39)/t17-,18-/m0/s1. The Balaban J connectivity index is 1.73. The lowest BCUT2D eigenvalue weighted by atomic mass is 9.97. The summed E-state index contributed by atoms with van der Waals surface area (Å²) in [6.07, 6.45) is 3.46. The van der Waals surface area contributed by atoms with Crippen LogP contribution in [0.25, 0.3) is 33.8 Å². The lowest BCUT2D eigenvalue weighted by molar-refractivity contribution is 0.0996. The maximum absolute atomic E-state index is 14.8. The number of aliphatic hydroxyl groups excluding tert-OH is 1. The van der Waals surface area contributed by atoms with Crippen LogP contribution in [0.5, 0.6) is 5.75 Å². The number of carbonyl (C=O) groups excluding carboxylic acids is 1. The van der Waals surface area contributed by atoms with Gasteiger partial charge < -0.3 is 26.2 Å². The Morgan fingerprint density at radius 1 is 1.27 bits per heavy atom. The van der Waals surface area contributed by atoms with Crippen LogP contribution in [0.1, 0.15) is 22.5 Å². The molecule has 1 fully saturated rings. The van der Waals surface area contributed by atoms with E-state index in [9.17, 15) is 19.6 Å². The molecule has 2 aromatic heterocycles. The van der Waals surface area contributed by atoms with Crippen LogP contribution in [0.3, 0.4) is 0 Å². The first kappa shape index (κ1) is 26.7. The normalized spacial score (nSPS) is 16.6. The number of benzene rings is 2. The highest BCUT2D eigenvalue weighted by Crippen LogP contribution is 2.40. The zero-order chi connectivity index (χ0) is 28.6. The van der Waals surface area contributed by atoms with Crippen molar-refractivity contribution in [2.45, 2.75) is 18.5 Å². The van der Waals surface area contributed by atoms with Crippen LogP contribution in [0.15, 0.2) is 48.8 Å². The van der Waals surface area contributed by atoms with Crippen LogP contribution in [-0.2, 0) is 7.05 Å². The van der Waals surface area contributed by atoms with Crippen molar-refractivity contribution in [3.8, 4) is 45.6 Å². The number of halogens is 1. The average Bonchev–Trinajstić information content (AvgIpc) is 3.53. The van der Waals surface area contributed by atoms with Crippen LogP contribution < -0.4 is 21.1 Å². The predicted molar refractivity (Wildman–Crippen MR) is 146 cm³/mol. The van der Waals surface area contributed by atoms with Gasteiger partial charge in [0.2, 0.25) is 0 Å². The SMILES string of the molecule is COc1cccc(F)c1-c1ncc(-c2ccc(-c3c(C#N)cnn3C)cc2N2C[C@@H](N)C[C@H]2CO)c(C(N)=O)n1. The molecule has 5 rings (SSSR count). The quantitative estimate of drug-likeness (QED) is 0.317. The molecule has 11 nitrogen and oxygen atoms in total. The van der Waals surface area contributed by atoms with Gasteiger partial charge in [0.1, 0.15) is 23.3 Å². The molecular weight excluding hydrogens is 515 g/mol. The number of aliphatic hydroxyl groups is 1. The Labute approximate surface area is 229 Å². The number of hydrogen-bond donors (Lipinski definition) is 3. The van der Waals surface area contributed by atoms with Gasteiger partial charge in [0.15, 0.2) is 5.82 Å². The van der Waals surface area contributed by atoms with E-state index in [1.807, 2.05) is 11.0 Å². The summed E-state index contributed by atoms with van der Waals surface area (Å²) < 4.78 is 21.7. The summed E-state index contributed by atoms with van der Waals surface area (Å²) >= 11 is 0. The summed E-state index contributed by atoms with van der Waals surface area (Å²) in [4.78, 5) is 23.4. The molecule has 0 radical (unpaired) electrons. The molecule has 1 aliphatic heterocycles. The number of nitrogens with two attached hydrogens (primary N) is 2. The van der Waals surface area contributed by atoms with Crippen molar-refractivity contribution < 1.29 is 19.0 Å². The summed E-state index contributed by atoms with van der Waals surface area (Å²) in [5.74, 6) is -1.31. The molecule has 1 amide bonds. The molecule has 2 atom stereocenters. The van der Waals surface area contributed by atoms with Crippen molar-refractivity contribution in [1.82, 2.24) is 19.7 Å². The first-order valence-electron chi connectivity index (χ1n) is 12.5. The summed E-state index contributed by atoms with van der Waals surface area (Å²) in [6, 6.07) is 11.4. The highest BCUT2D eigenvalue weighted by atomic mass is 19.1. The first-order chi connectivity index (χ1) is 19.3. The van der Waals surface area contributed by atoms with Gasteiger partial charge in [0, 0.05) is 48.2 Å². The second-order valence-electron chi connectivity index (χ2n) is 9.50. The fourth-order valence-electron chi connectivity index (χ4n) is 5.21. The highest BCUT2D eigenvalue weighted by Gasteiger charge is 2.32. The Hall–Kier alpha value is -4.86. The van der Waals surface area contributed by atoms with E-state index >= 15 is 0 Å². The molecule has 0 saturated carbocycles. The second-order valence-corrected chi connectivity index (χ2v) is 9.50. The number of primary amides is 1. The molecule has 2 aromatic carbocycles. The van der Waals surface area contributed by atoms with E-state index in [0.29, 0.717) is 46.6 Å². The third-order valence-corrected chi connectivity index (χ3v) is 7.03. The monoisotopic (exact) mass is 542 g/mol. The van der Waals surface area contributed by atoms with Crippen LogP contribution in [0, 0.1) is 17.1 Å². The first-order valence-corrected chi connectivity index (χ1v) is 12.5. The molecule has 0 spiro atoms. The smallest absolute Gasteiger partial charge is 0.268 e. The molecule has 5 N–H and O–H groups in total. The molecule has 1 saturated heterocycles. The number of ether oxygens (including phenoxy) is 1. The minimum Gasteiger partial charge on any atom is -0.496 e. The van der Waals surface area contributed by atoms with Crippen molar-refractivity contribution in [3.05, 3.63) is 65.9 Å². The van der Waals surface area contributed by atoms with E-state index in [4.69, 9.17) is 16.2 Å². The Kier molecular flexibility index (Phi) is 7.17. The van der Waals surface area contributed by atoms with Crippen molar-refractivity contribution in [3.63, 3.8) is 0 Å². The zero-order valence-electron chi connectivity index (χ0n) is 21.9. The van der Waals surface area contributed by atoms with E-state index in [-0.39, 0.29) is 41.5 Å². The lowest BCUT2D eigenvalue weighted by Crippen LogP contribution is -2.33. The number of anilines is 1. The number of methoxy groups -OCH3 is 1. The summed E-state index contributed by atoms with van der Waals surface area (Å²) in [5, 5.41) is 24.0. The molecule has 0 aliphatic carbocycles. The minimum atomic E-state index is -0.834. The van der Waals surface area contributed by atoms with Gasteiger partial charge in [-0.2, -0.15) is 10.4 Å². The number of aromatic nitrogens is 4.